The van der Waals surface area contributed by atoms with Crippen LogP contribution in [0.25, 0.3) is 5.69 Å². The number of aromatic nitrogens is 2. The van der Waals surface area contributed by atoms with E-state index in [1.54, 1.807) is 0 Å². The molecule has 0 bridgehead atoms. The van der Waals surface area contributed by atoms with Crippen molar-refractivity contribution < 1.29 is 4.42 Å². The molecule has 2 aromatic rings. The van der Waals surface area contributed by atoms with Gasteiger partial charge in [0.2, 0.25) is 5.89 Å². The average Bonchev–Trinajstić information content (AvgIpc) is 2.70. The predicted octanol–water partition coefficient (Wildman–Crippen LogP) is 0.847. The van der Waals surface area contributed by atoms with Gasteiger partial charge in [-0.25, -0.2) is 4.79 Å². The Kier molecular flexibility index (Phi) is 2.87. The van der Waals surface area contributed by atoms with Crippen molar-refractivity contribution in [2.24, 2.45) is 5.73 Å². The highest BCUT2D eigenvalue weighted by Gasteiger charge is 2.10. The highest BCUT2D eigenvalue weighted by Crippen LogP contribution is 2.12. The van der Waals surface area contributed by atoms with Crippen LogP contribution >= 0.6 is 0 Å². The normalized spacial score (nSPS) is 10.6. The summed E-state index contributed by atoms with van der Waals surface area (Å²) in [4.78, 5) is 11.5. The highest BCUT2D eigenvalue weighted by atomic mass is 16.4. The van der Waals surface area contributed by atoms with E-state index in [0.717, 1.165) is 17.7 Å². The average molecular weight is 219 g/mol. The van der Waals surface area contributed by atoms with Crippen LogP contribution < -0.4 is 11.5 Å². The third kappa shape index (κ3) is 1.77. The Bertz CT molecular complexity index is 542. The summed E-state index contributed by atoms with van der Waals surface area (Å²) in [7, 11) is 0. The first kappa shape index (κ1) is 10.6. The number of nitrogens with zero attached hydrogens (tertiary/aromatic N) is 2. The lowest BCUT2D eigenvalue weighted by atomic mass is 10.1. The molecule has 0 radical (unpaired) electrons. The van der Waals surface area contributed by atoms with Crippen LogP contribution in [0.4, 0.5) is 0 Å². The Morgan fingerprint density at radius 3 is 2.81 bits per heavy atom. The summed E-state index contributed by atoms with van der Waals surface area (Å²) in [6.45, 7) is 2.14. The molecule has 0 aliphatic rings. The van der Waals surface area contributed by atoms with Crippen LogP contribution in [0, 0.1) is 0 Å². The summed E-state index contributed by atoms with van der Waals surface area (Å²) in [6, 6.07) is 7.58. The molecule has 2 N–H and O–H groups in total. The quantitative estimate of drug-likeness (QED) is 0.830. The maximum atomic E-state index is 11.5. The van der Waals surface area contributed by atoms with E-state index in [4.69, 9.17) is 10.2 Å². The van der Waals surface area contributed by atoms with E-state index in [9.17, 15) is 4.79 Å². The molecule has 0 spiro atoms. The maximum Gasteiger partial charge on any atom is 0.442 e. The standard InChI is InChI=1S/C11H13N3O2/c1-2-8-5-3-4-6-9(8)14-11(15)16-10(7-12)13-14/h3-6H,2,7,12H2,1H3. The highest BCUT2D eigenvalue weighted by molar-refractivity contribution is 5.39. The van der Waals surface area contributed by atoms with E-state index in [-0.39, 0.29) is 12.4 Å². The molecule has 1 aromatic carbocycles. The fourth-order valence-electron chi connectivity index (χ4n) is 1.57. The van der Waals surface area contributed by atoms with Gasteiger partial charge in [0.1, 0.15) is 0 Å². The van der Waals surface area contributed by atoms with Gasteiger partial charge in [0.25, 0.3) is 0 Å². The van der Waals surface area contributed by atoms with E-state index < -0.39 is 5.76 Å². The summed E-state index contributed by atoms with van der Waals surface area (Å²) in [6.07, 6.45) is 0.827. The van der Waals surface area contributed by atoms with Crippen molar-refractivity contribution in [2.75, 3.05) is 0 Å². The van der Waals surface area contributed by atoms with Crippen molar-refractivity contribution in [3.05, 3.63) is 46.3 Å². The molecule has 0 atom stereocenters. The van der Waals surface area contributed by atoms with Gasteiger partial charge in [0.05, 0.1) is 12.2 Å². The molecule has 16 heavy (non-hydrogen) atoms. The zero-order valence-electron chi connectivity index (χ0n) is 9.01. The molecule has 0 amide bonds. The summed E-state index contributed by atoms with van der Waals surface area (Å²) in [5, 5.41) is 4.02. The minimum atomic E-state index is -0.499. The summed E-state index contributed by atoms with van der Waals surface area (Å²) in [5.74, 6) is -0.253. The molecule has 1 heterocycles. The zero-order valence-corrected chi connectivity index (χ0v) is 9.01. The van der Waals surface area contributed by atoms with Gasteiger partial charge in [-0.3, -0.25) is 0 Å². The monoisotopic (exact) mass is 219 g/mol. The first-order chi connectivity index (χ1) is 7.76. The molecule has 0 aliphatic carbocycles. The first-order valence-electron chi connectivity index (χ1n) is 5.13. The smallest absolute Gasteiger partial charge is 0.391 e. The lowest BCUT2D eigenvalue weighted by molar-refractivity contribution is 0.460. The van der Waals surface area contributed by atoms with Crippen molar-refractivity contribution in [2.45, 2.75) is 19.9 Å². The van der Waals surface area contributed by atoms with Gasteiger partial charge in [0.15, 0.2) is 0 Å². The molecule has 0 unspecified atom stereocenters. The minimum Gasteiger partial charge on any atom is -0.391 e. The molecular formula is C11H13N3O2. The van der Waals surface area contributed by atoms with Crippen molar-refractivity contribution >= 4 is 0 Å². The van der Waals surface area contributed by atoms with Crippen molar-refractivity contribution in [1.29, 1.82) is 0 Å². The third-order valence-electron chi connectivity index (χ3n) is 2.36. The van der Waals surface area contributed by atoms with Crippen LogP contribution in [0.5, 0.6) is 0 Å². The van der Waals surface area contributed by atoms with E-state index in [0.29, 0.717) is 0 Å². The summed E-state index contributed by atoms with van der Waals surface area (Å²) >= 11 is 0. The first-order valence-corrected chi connectivity index (χ1v) is 5.13. The van der Waals surface area contributed by atoms with Gasteiger partial charge >= 0.3 is 5.76 Å². The topological polar surface area (TPSA) is 74.1 Å². The molecule has 0 saturated heterocycles. The molecular weight excluding hydrogens is 206 g/mol. The lowest BCUT2D eigenvalue weighted by Crippen LogP contribution is -2.15. The minimum absolute atomic E-state index is 0.122. The third-order valence-corrected chi connectivity index (χ3v) is 2.36. The second-order valence-electron chi connectivity index (χ2n) is 3.36. The van der Waals surface area contributed by atoms with Gasteiger partial charge in [-0.1, -0.05) is 25.1 Å². The molecule has 2 rings (SSSR count). The Labute approximate surface area is 92.5 Å². The van der Waals surface area contributed by atoms with Crippen LogP contribution in [-0.2, 0) is 13.0 Å². The largest absolute Gasteiger partial charge is 0.442 e. The number of hydrogen-bond donors (Lipinski definition) is 1. The number of rotatable bonds is 3. The van der Waals surface area contributed by atoms with Crippen LogP contribution in [0.3, 0.4) is 0 Å². The Morgan fingerprint density at radius 1 is 1.44 bits per heavy atom. The van der Waals surface area contributed by atoms with Crippen molar-refractivity contribution in [3.8, 4) is 5.69 Å². The van der Waals surface area contributed by atoms with Crippen molar-refractivity contribution in [1.82, 2.24) is 9.78 Å². The number of benzene rings is 1. The lowest BCUT2D eigenvalue weighted by Gasteiger charge is -2.04. The Hall–Kier alpha value is -1.88. The molecule has 0 aliphatic heterocycles. The zero-order chi connectivity index (χ0) is 11.5. The fraction of sp³-hybridized carbons (Fsp3) is 0.273. The van der Waals surface area contributed by atoms with Crippen molar-refractivity contribution in [3.63, 3.8) is 0 Å². The maximum absolute atomic E-state index is 11.5. The van der Waals surface area contributed by atoms with E-state index in [1.165, 1.54) is 4.68 Å². The second-order valence-corrected chi connectivity index (χ2v) is 3.36. The number of nitrogens with two attached hydrogens (primary N) is 1. The van der Waals surface area contributed by atoms with E-state index >= 15 is 0 Å². The molecule has 1 aromatic heterocycles. The Morgan fingerprint density at radius 2 is 2.19 bits per heavy atom. The molecule has 0 fully saturated rings. The van der Waals surface area contributed by atoms with E-state index in [1.807, 2.05) is 31.2 Å². The number of hydrogen-bond acceptors (Lipinski definition) is 4. The van der Waals surface area contributed by atoms with Crippen LogP contribution in [0.2, 0.25) is 0 Å². The Balaban J connectivity index is 2.58. The summed E-state index contributed by atoms with van der Waals surface area (Å²) < 4.78 is 6.14. The SMILES string of the molecule is CCc1ccccc1-n1nc(CN)oc1=O. The van der Waals surface area contributed by atoms with Gasteiger partial charge in [0, 0.05) is 0 Å². The van der Waals surface area contributed by atoms with Gasteiger partial charge in [-0.15, -0.1) is 5.10 Å². The van der Waals surface area contributed by atoms with Crippen LogP contribution in [-0.4, -0.2) is 9.78 Å². The van der Waals surface area contributed by atoms with Gasteiger partial charge in [-0.05, 0) is 18.1 Å². The number of para-hydroxylation sites is 1. The summed E-state index contributed by atoms with van der Waals surface area (Å²) in [5.41, 5.74) is 7.16. The van der Waals surface area contributed by atoms with Gasteiger partial charge < -0.3 is 10.2 Å². The van der Waals surface area contributed by atoms with E-state index in [2.05, 4.69) is 5.10 Å². The number of aryl methyl sites for hydroxylation is 1. The van der Waals surface area contributed by atoms with Crippen LogP contribution in [0.1, 0.15) is 18.4 Å². The molecule has 0 saturated carbocycles. The second kappa shape index (κ2) is 4.32. The predicted molar refractivity (Wildman–Crippen MR) is 59.4 cm³/mol. The fourth-order valence-corrected chi connectivity index (χ4v) is 1.57. The van der Waals surface area contributed by atoms with Gasteiger partial charge in [-0.2, -0.15) is 4.68 Å². The molecule has 5 nitrogen and oxygen atoms in total. The molecule has 84 valence electrons. The van der Waals surface area contributed by atoms with Crippen LogP contribution in [0.15, 0.2) is 33.5 Å². The molecule has 5 heteroatoms.